The van der Waals surface area contributed by atoms with Gasteiger partial charge in [-0.15, -0.1) is 0 Å². The van der Waals surface area contributed by atoms with Gasteiger partial charge in [-0.05, 0) is 18.1 Å². The first-order chi connectivity index (χ1) is 10.9. The largest absolute Gasteiger partial charge is 0.332 e. The molecular weight excluding hydrogens is 312 g/mol. The van der Waals surface area contributed by atoms with E-state index in [0.29, 0.717) is 18.0 Å². The summed E-state index contributed by atoms with van der Waals surface area (Å²) in [6.45, 7) is 6.49. The number of fused-ring (bicyclic) bond motifs is 1. The van der Waals surface area contributed by atoms with Crippen molar-refractivity contribution in [1.29, 1.82) is 0 Å². The van der Waals surface area contributed by atoms with E-state index in [4.69, 9.17) is 0 Å². The maximum absolute atomic E-state index is 12.8. The minimum atomic E-state index is -3.08. The lowest BCUT2D eigenvalue weighted by Crippen LogP contribution is -2.61. The van der Waals surface area contributed by atoms with Crippen LogP contribution in [0.4, 0.5) is 0 Å². The number of carbonyl (C=O) groups is 1. The molecule has 0 unspecified atom stereocenters. The highest BCUT2D eigenvalue weighted by Gasteiger charge is 2.48. The number of carbonyl (C=O) groups excluding carboxylic acids is 1. The van der Waals surface area contributed by atoms with E-state index in [1.54, 1.807) is 17.0 Å². The van der Waals surface area contributed by atoms with Crippen molar-refractivity contribution in [1.82, 2.24) is 9.80 Å². The Kier molecular flexibility index (Phi) is 4.47. The Bertz CT molecular complexity index is 672. The number of amides is 1. The predicted molar refractivity (Wildman–Crippen MR) is 90.1 cm³/mol. The highest BCUT2D eigenvalue weighted by atomic mass is 32.2. The minimum absolute atomic E-state index is 0.0538. The molecule has 0 spiro atoms. The monoisotopic (exact) mass is 336 g/mol. The van der Waals surface area contributed by atoms with Crippen LogP contribution in [0, 0.1) is 5.92 Å². The lowest BCUT2D eigenvalue weighted by Gasteiger charge is -2.44. The van der Waals surface area contributed by atoms with Crippen molar-refractivity contribution in [3.63, 3.8) is 0 Å². The Labute approximate surface area is 138 Å². The average Bonchev–Trinajstić information content (AvgIpc) is 2.83. The summed E-state index contributed by atoms with van der Waals surface area (Å²) in [6, 6.07) is 8.85. The van der Waals surface area contributed by atoms with E-state index in [1.807, 2.05) is 18.2 Å². The van der Waals surface area contributed by atoms with Crippen LogP contribution in [0.2, 0.25) is 0 Å². The van der Waals surface area contributed by atoms with Gasteiger partial charge in [-0.3, -0.25) is 9.69 Å². The van der Waals surface area contributed by atoms with Crippen LogP contribution in [0.25, 0.3) is 0 Å². The minimum Gasteiger partial charge on any atom is -0.332 e. The first kappa shape index (κ1) is 16.5. The highest BCUT2D eigenvalue weighted by Crippen LogP contribution is 2.28. The first-order valence-corrected chi connectivity index (χ1v) is 10.00. The smallest absolute Gasteiger partial charge is 0.254 e. The second-order valence-electron chi connectivity index (χ2n) is 6.96. The second-order valence-corrected chi connectivity index (χ2v) is 9.12. The molecule has 2 atom stereocenters. The molecule has 3 rings (SSSR count). The van der Waals surface area contributed by atoms with E-state index in [-0.39, 0.29) is 29.5 Å². The van der Waals surface area contributed by atoms with Crippen molar-refractivity contribution in [2.45, 2.75) is 25.9 Å². The molecule has 0 aliphatic carbocycles. The Balaban J connectivity index is 1.85. The van der Waals surface area contributed by atoms with Crippen LogP contribution in [0.15, 0.2) is 30.3 Å². The molecule has 2 heterocycles. The fourth-order valence-electron chi connectivity index (χ4n) is 3.72. The molecule has 1 amide bonds. The van der Waals surface area contributed by atoms with E-state index >= 15 is 0 Å². The van der Waals surface area contributed by atoms with Crippen molar-refractivity contribution < 1.29 is 13.2 Å². The van der Waals surface area contributed by atoms with Gasteiger partial charge in [0, 0.05) is 31.2 Å². The molecule has 6 heteroatoms. The van der Waals surface area contributed by atoms with Crippen molar-refractivity contribution in [3.8, 4) is 0 Å². The van der Waals surface area contributed by atoms with Crippen molar-refractivity contribution in [3.05, 3.63) is 35.9 Å². The molecular formula is C17H24N2O3S. The summed E-state index contributed by atoms with van der Waals surface area (Å²) in [5, 5.41) is 0. The van der Waals surface area contributed by atoms with E-state index < -0.39 is 9.84 Å². The first-order valence-electron chi connectivity index (χ1n) is 8.18. The van der Waals surface area contributed by atoms with Gasteiger partial charge in [0.25, 0.3) is 5.91 Å². The Morgan fingerprint density at radius 3 is 2.43 bits per heavy atom. The number of hydrogen-bond donors (Lipinski definition) is 0. The second kappa shape index (κ2) is 6.24. The summed E-state index contributed by atoms with van der Waals surface area (Å²) < 4.78 is 24.3. The average molecular weight is 336 g/mol. The molecule has 2 aliphatic rings. The van der Waals surface area contributed by atoms with E-state index in [2.05, 4.69) is 18.7 Å². The van der Waals surface area contributed by atoms with Crippen molar-refractivity contribution >= 4 is 15.7 Å². The molecule has 23 heavy (non-hydrogen) atoms. The predicted octanol–water partition coefficient (Wildman–Crippen LogP) is 1.27. The number of piperazine rings is 1. The number of benzene rings is 1. The standard InChI is InChI=1S/C17H24N2O3S/c1-13(2)10-18-8-9-19(16-12-23(21,22)11-15(16)18)17(20)14-6-4-3-5-7-14/h3-7,13,15-16H,8-12H2,1-2H3/t15-,16+/m0/s1. The van der Waals surface area contributed by atoms with Crippen LogP contribution in [-0.4, -0.2) is 67.3 Å². The summed E-state index contributed by atoms with van der Waals surface area (Å²) >= 11 is 0. The fraction of sp³-hybridized carbons (Fsp3) is 0.588. The number of rotatable bonds is 3. The van der Waals surface area contributed by atoms with Gasteiger partial charge in [0.15, 0.2) is 9.84 Å². The molecule has 0 saturated carbocycles. The van der Waals surface area contributed by atoms with E-state index in [1.165, 1.54) is 0 Å². The van der Waals surface area contributed by atoms with Crippen LogP contribution in [0.3, 0.4) is 0 Å². The van der Waals surface area contributed by atoms with Crippen LogP contribution in [0.1, 0.15) is 24.2 Å². The third-order valence-corrected chi connectivity index (χ3v) is 6.37. The molecule has 0 radical (unpaired) electrons. The molecule has 2 aliphatic heterocycles. The normalized spacial score (nSPS) is 27.2. The van der Waals surface area contributed by atoms with Gasteiger partial charge >= 0.3 is 0 Å². The maximum atomic E-state index is 12.8. The number of nitrogens with zero attached hydrogens (tertiary/aromatic N) is 2. The van der Waals surface area contributed by atoms with E-state index in [9.17, 15) is 13.2 Å². The zero-order valence-electron chi connectivity index (χ0n) is 13.7. The fourth-order valence-corrected chi connectivity index (χ4v) is 5.73. The lowest BCUT2D eigenvalue weighted by molar-refractivity contribution is 0.0297. The van der Waals surface area contributed by atoms with Gasteiger partial charge in [0.1, 0.15) is 0 Å². The summed E-state index contributed by atoms with van der Waals surface area (Å²) in [5.74, 6) is 0.686. The third kappa shape index (κ3) is 3.43. The van der Waals surface area contributed by atoms with Gasteiger partial charge in [0.05, 0.1) is 17.5 Å². The summed E-state index contributed by atoms with van der Waals surface area (Å²) in [7, 11) is -3.08. The molecule has 0 aromatic heterocycles. The zero-order valence-corrected chi connectivity index (χ0v) is 14.5. The Morgan fingerprint density at radius 2 is 1.78 bits per heavy atom. The summed E-state index contributed by atoms with van der Waals surface area (Å²) in [5.41, 5.74) is 0.632. The van der Waals surface area contributed by atoms with Crippen molar-refractivity contribution in [2.24, 2.45) is 5.92 Å². The van der Waals surface area contributed by atoms with E-state index in [0.717, 1.165) is 13.1 Å². The quantitative estimate of drug-likeness (QED) is 0.834. The van der Waals surface area contributed by atoms with Crippen LogP contribution < -0.4 is 0 Å². The zero-order chi connectivity index (χ0) is 16.6. The maximum Gasteiger partial charge on any atom is 0.254 e. The van der Waals surface area contributed by atoms with Gasteiger partial charge < -0.3 is 4.90 Å². The summed E-state index contributed by atoms with van der Waals surface area (Å²) in [6.07, 6.45) is 0. The van der Waals surface area contributed by atoms with Crippen LogP contribution in [-0.2, 0) is 9.84 Å². The SMILES string of the molecule is CC(C)CN1CCN(C(=O)c2ccccc2)[C@@H]2CS(=O)(=O)C[C@@H]21. The van der Waals surface area contributed by atoms with Crippen LogP contribution in [0.5, 0.6) is 0 Å². The van der Waals surface area contributed by atoms with Gasteiger partial charge in [-0.2, -0.15) is 0 Å². The topological polar surface area (TPSA) is 57.7 Å². The lowest BCUT2D eigenvalue weighted by atomic mass is 10.0. The van der Waals surface area contributed by atoms with Crippen LogP contribution >= 0.6 is 0 Å². The van der Waals surface area contributed by atoms with Crippen molar-refractivity contribution in [2.75, 3.05) is 31.1 Å². The molecule has 0 bridgehead atoms. The number of hydrogen-bond acceptors (Lipinski definition) is 4. The Morgan fingerprint density at radius 1 is 1.13 bits per heavy atom. The Hall–Kier alpha value is -1.40. The molecule has 1 aromatic carbocycles. The highest BCUT2D eigenvalue weighted by molar-refractivity contribution is 7.91. The van der Waals surface area contributed by atoms with Gasteiger partial charge in [-0.25, -0.2) is 8.42 Å². The summed E-state index contributed by atoms with van der Waals surface area (Å²) in [4.78, 5) is 16.8. The molecule has 1 aromatic rings. The molecule has 2 saturated heterocycles. The number of sulfone groups is 1. The third-order valence-electron chi connectivity index (χ3n) is 4.67. The van der Waals surface area contributed by atoms with Gasteiger partial charge in [-0.1, -0.05) is 32.0 Å². The molecule has 2 fully saturated rings. The molecule has 126 valence electrons. The molecule has 5 nitrogen and oxygen atoms in total. The van der Waals surface area contributed by atoms with Gasteiger partial charge in [0.2, 0.25) is 0 Å². The molecule has 0 N–H and O–H groups in total.